The lowest BCUT2D eigenvalue weighted by molar-refractivity contribution is 0.353. The van der Waals surface area contributed by atoms with Crippen molar-refractivity contribution in [3.8, 4) is 11.5 Å². The maximum absolute atomic E-state index is 12.8. The monoisotopic (exact) mass is 335 g/mol. The first-order chi connectivity index (χ1) is 10.9. The van der Waals surface area contributed by atoms with Crippen LogP contribution >= 0.6 is 0 Å². The highest BCUT2D eigenvalue weighted by molar-refractivity contribution is 7.92. The summed E-state index contributed by atoms with van der Waals surface area (Å²) < 4.78 is 38.6. The van der Waals surface area contributed by atoms with Crippen molar-refractivity contribution in [2.24, 2.45) is 0 Å². The van der Waals surface area contributed by atoms with Gasteiger partial charge in [-0.25, -0.2) is 8.42 Å². The van der Waals surface area contributed by atoms with Gasteiger partial charge in [0, 0.05) is 6.07 Å². The molecular formula is C17H21NO4S. The van der Waals surface area contributed by atoms with Crippen molar-refractivity contribution >= 4 is 15.7 Å². The number of benzene rings is 2. The molecule has 0 aliphatic carbocycles. The number of sulfonamides is 1. The molecule has 5 nitrogen and oxygen atoms in total. The Hall–Kier alpha value is -2.21. The van der Waals surface area contributed by atoms with Gasteiger partial charge >= 0.3 is 0 Å². The molecule has 0 saturated carbocycles. The van der Waals surface area contributed by atoms with Crippen molar-refractivity contribution in [2.45, 2.75) is 25.2 Å². The maximum Gasteiger partial charge on any atom is 0.262 e. The van der Waals surface area contributed by atoms with Gasteiger partial charge in [0.2, 0.25) is 0 Å². The van der Waals surface area contributed by atoms with Crippen LogP contribution in [0.2, 0.25) is 0 Å². The lowest BCUT2D eigenvalue weighted by Gasteiger charge is -2.15. The molecule has 2 aromatic rings. The van der Waals surface area contributed by atoms with E-state index >= 15 is 0 Å². The Morgan fingerprint density at radius 2 is 1.65 bits per heavy atom. The lowest BCUT2D eigenvalue weighted by atomic mass is 10.1. The summed E-state index contributed by atoms with van der Waals surface area (Å²) in [5, 5.41) is 0. The Morgan fingerprint density at radius 1 is 1.04 bits per heavy atom. The standard InChI is InChI=1S/C17H21NO4S/c1-5-13-8-6-7-9-14(13)18-23(19,20)17-11-16(22-4)15(21-3)10-12(17)2/h6-11,18H,5H2,1-4H3. The first kappa shape index (κ1) is 17.1. The highest BCUT2D eigenvalue weighted by atomic mass is 32.2. The first-order valence-corrected chi connectivity index (χ1v) is 8.74. The van der Waals surface area contributed by atoms with Gasteiger partial charge in [0.1, 0.15) is 0 Å². The van der Waals surface area contributed by atoms with Gasteiger partial charge in [-0.1, -0.05) is 25.1 Å². The number of aryl methyl sites for hydroxylation is 2. The van der Waals surface area contributed by atoms with Gasteiger partial charge in [0.15, 0.2) is 11.5 Å². The van der Waals surface area contributed by atoms with Crippen molar-refractivity contribution < 1.29 is 17.9 Å². The Morgan fingerprint density at radius 3 is 2.26 bits per heavy atom. The molecule has 0 aliphatic rings. The van der Waals surface area contributed by atoms with Crippen LogP contribution in [0.5, 0.6) is 11.5 Å². The molecule has 0 saturated heterocycles. The van der Waals surface area contributed by atoms with Crippen molar-refractivity contribution in [1.82, 2.24) is 0 Å². The molecule has 0 spiro atoms. The number of methoxy groups -OCH3 is 2. The molecule has 0 fully saturated rings. The van der Waals surface area contributed by atoms with E-state index in [0.29, 0.717) is 22.7 Å². The van der Waals surface area contributed by atoms with Gasteiger partial charge in [-0.05, 0) is 36.6 Å². The molecule has 0 radical (unpaired) electrons. The van der Waals surface area contributed by atoms with Gasteiger partial charge in [-0.2, -0.15) is 0 Å². The zero-order valence-corrected chi connectivity index (χ0v) is 14.5. The van der Waals surface area contributed by atoms with Crippen LogP contribution in [-0.4, -0.2) is 22.6 Å². The predicted molar refractivity (Wildman–Crippen MR) is 90.9 cm³/mol. The Balaban J connectivity index is 2.48. The quantitative estimate of drug-likeness (QED) is 0.879. The molecule has 0 heterocycles. The van der Waals surface area contributed by atoms with Crippen molar-refractivity contribution in [2.75, 3.05) is 18.9 Å². The molecule has 0 amide bonds. The minimum Gasteiger partial charge on any atom is -0.493 e. The fraction of sp³-hybridized carbons (Fsp3) is 0.294. The number of anilines is 1. The van der Waals surface area contributed by atoms with Crippen LogP contribution in [0.3, 0.4) is 0 Å². The molecule has 124 valence electrons. The zero-order valence-electron chi connectivity index (χ0n) is 13.7. The minimum atomic E-state index is -3.72. The van der Waals surface area contributed by atoms with E-state index in [1.54, 1.807) is 25.1 Å². The maximum atomic E-state index is 12.8. The molecule has 0 aromatic heterocycles. The Bertz CT molecular complexity index is 800. The van der Waals surface area contributed by atoms with Crippen LogP contribution in [0.4, 0.5) is 5.69 Å². The predicted octanol–water partition coefficient (Wildman–Crippen LogP) is 3.38. The number of ether oxygens (including phenoxy) is 2. The summed E-state index contributed by atoms with van der Waals surface area (Å²) in [5.74, 6) is 0.875. The molecule has 0 unspecified atom stereocenters. The fourth-order valence-corrected chi connectivity index (χ4v) is 3.72. The fourth-order valence-electron chi connectivity index (χ4n) is 2.38. The number of para-hydroxylation sites is 1. The summed E-state index contributed by atoms with van der Waals surface area (Å²) in [4.78, 5) is 0.168. The van der Waals surface area contributed by atoms with Crippen LogP contribution in [0.1, 0.15) is 18.1 Å². The van der Waals surface area contributed by atoms with E-state index in [1.807, 2.05) is 19.1 Å². The minimum absolute atomic E-state index is 0.168. The highest BCUT2D eigenvalue weighted by Crippen LogP contribution is 2.33. The smallest absolute Gasteiger partial charge is 0.262 e. The SMILES string of the molecule is CCc1ccccc1NS(=O)(=O)c1cc(OC)c(OC)cc1C. The average Bonchev–Trinajstić information content (AvgIpc) is 2.54. The van der Waals surface area contributed by atoms with Crippen molar-refractivity contribution in [3.63, 3.8) is 0 Å². The van der Waals surface area contributed by atoms with E-state index in [-0.39, 0.29) is 4.90 Å². The number of hydrogen-bond acceptors (Lipinski definition) is 4. The van der Waals surface area contributed by atoms with E-state index in [9.17, 15) is 8.42 Å². The Labute approximate surface area is 137 Å². The molecule has 0 atom stereocenters. The van der Waals surface area contributed by atoms with Gasteiger partial charge in [-0.3, -0.25) is 4.72 Å². The summed E-state index contributed by atoms with van der Waals surface area (Å²) in [7, 11) is -0.729. The largest absolute Gasteiger partial charge is 0.493 e. The molecule has 6 heteroatoms. The number of nitrogens with one attached hydrogen (secondary N) is 1. The number of hydrogen-bond donors (Lipinski definition) is 1. The molecule has 2 rings (SSSR count). The molecule has 1 N–H and O–H groups in total. The Kier molecular flexibility index (Phi) is 5.15. The summed E-state index contributed by atoms with van der Waals surface area (Å²) in [5.41, 5.74) is 2.11. The third-order valence-corrected chi connectivity index (χ3v) is 5.12. The summed E-state index contributed by atoms with van der Waals surface area (Å²) in [6.07, 6.45) is 0.740. The highest BCUT2D eigenvalue weighted by Gasteiger charge is 2.21. The van der Waals surface area contributed by atoms with E-state index in [4.69, 9.17) is 9.47 Å². The first-order valence-electron chi connectivity index (χ1n) is 7.26. The number of rotatable bonds is 6. The van der Waals surface area contributed by atoms with Crippen LogP contribution in [0.25, 0.3) is 0 Å². The van der Waals surface area contributed by atoms with Gasteiger partial charge in [0.05, 0.1) is 24.8 Å². The molecule has 0 aliphatic heterocycles. The van der Waals surface area contributed by atoms with E-state index in [0.717, 1.165) is 12.0 Å². The van der Waals surface area contributed by atoms with E-state index in [1.165, 1.54) is 20.3 Å². The van der Waals surface area contributed by atoms with Gasteiger partial charge in [-0.15, -0.1) is 0 Å². The third-order valence-electron chi connectivity index (χ3n) is 3.61. The van der Waals surface area contributed by atoms with Crippen LogP contribution < -0.4 is 14.2 Å². The second-order valence-electron chi connectivity index (χ2n) is 5.09. The topological polar surface area (TPSA) is 64.6 Å². The molecule has 23 heavy (non-hydrogen) atoms. The zero-order chi connectivity index (χ0) is 17.0. The normalized spacial score (nSPS) is 11.1. The van der Waals surface area contributed by atoms with E-state index in [2.05, 4.69) is 4.72 Å². The van der Waals surface area contributed by atoms with Crippen LogP contribution in [-0.2, 0) is 16.4 Å². The summed E-state index contributed by atoms with van der Waals surface area (Å²) in [6, 6.07) is 10.5. The third kappa shape index (κ3) is 3.59. The lowest BCUT2D eigenvalue weighted by Crippen LogP contribution is -2.15. The summed E-state index contributed by atoms with van der Waals surface area (Å²) in [6.45, 7) is 3.71. The second kappa shape index (κ2) is 6.91. The summed E-state index contributed by atoms with van der Waals surface area (Å²) >= 11 is 0. The van der Waals surface area contributed by atoms with Crippen molar-refractivity contribution in [3.05, 3.63) is 47.5 Å². The molecule has 2 aromatic carbocycles. The van der Waals surface area contributed by atoms with Crippen molar-refractivity contribution in [1.29, 1.82) is 0 Å². The van der Waals surface area contributed by atoms with E-state index < -0.39 is 10.0 Å². The van der Waals surface area contributed by atoms with Crippen LogP contribution in [0, 0.1) is 6.92 Å². The molecule has 0 bridgehead atoms. The van der Waals surface area contributed by atoms with Gasteiger partial charge in [0.25, 0.3) is 10.0 Å². The van der Waals surface area contributed by atoms with Crippen LogP contribution in [0.15, 0.2) is 41.3 Å². The second-order valence-corrected chi connectivity index (χ2v) is 6.74. The average molecular weight is 335 g/mol. The molecular weight excluding hydrogens is 314 g/mol. The van der Waals surface area contributed by atoms with Gasteiger partial charge < -0.3 is 9.47 Å².